The number of carbonyl (C=O) groups is 2. The zero-order chi connectivity index (χ0) is 30.1. The number of pyridine rings is 1. The summed E-state index contributed by atoms with van der Waals surface area (Å²) in [5.74, 6) is -0.449. The van der Waals surface area contributed by atoms with Gasteiger partial charge in [0, 0.05) is 68.4 Å². The molecule has 43 heavy (non-hydrogen) atoms. The zero-order valence-corrected chi connectivity index (χ0v) is 24.3. The van der Waals surface area contributed by atoms with Gasteiger partial charge < -0.3 is 20.7 Å². The van der Waals surface area contributed by atoms with Gasteiger partial charge in [-0.1, -0.05) is 6.07 Å². The minimum atomic E-state index is -0.620. The average molecular weight is 584 g/mol. The monoisotopic (exact) mass is 583 g/mol. The molecule has 6 rings (SSSR count). The van der Waals surface area contributed by atoms with Crippen LogP contribution in [0.25, 0.3) is 16.9 Å². The highest BCUT2D eigenvalue weighted by Crippen LogP contribution is 2.38. The maximum absolute atomic E-state index is 13.7. The van der Waals surface area contributed by atoms with Crippen LogP contribution in [0, 0.1) is 12.7 Å². The Hall–Kier alpha value is -4.61. The van der Waals surface area contributed by atoms with Crippen molar-refractivity contribution < 1.29 is 18.7 Å². The van der Waals surface area contributed by atoms with E-state index in [1.807, 2.05) is 31.2 Å². The molecule has 10 nitrogen and oxygen atoms in total. The molecule has 0 unspecified atom stereocenters. The second-order valence-electron chi connectivity index (χ2n) is 10.9. The number of rotatable bonds is 8. The average Bonchev–Trinajstić information content (AvgIpc) is 3.41. The highest BCUT2D eigenvalue weighted by Gasteiger charge is 2.29. The van der Waals surface area contributed by atoms with Crippen LogP contribution < -0.4 is 16.0 Å². The van der Waals surface area contributed by atoms with E-state index in [-0.39, 0.29) is 17.4 Å². The van der Waals surface area contributed by atoms with Gasteiger partial charge in [-0.2, -0.15) is 5.10 Å². The maximum atomic E-state index is 13.7. The van der Waals surface area contributed by atoms with Crippen molar-refractivity contribution >= 4 is 23.3 Å². The molecule has 2 aromatic carbocycles. The third-order valence-electron chi connectivity index (χ3n) is 8.20. The third kappa shape index (κ3) is 5.73. The van der Waals surface area contributed by atoms with Crippen LogP contribution in [-0.2, 0) is 17.6 Å². The van der Waals surface area contributed by atoms with Crippen molar-refractivity contribution in [3.8, 4) is 16.9 Å². The molecular weight excluding hydrogens is 549 g/mol. The van der Waals surface area contributed by atoms with Crippen LogP contribution in [-0.4, -0.2) is 77.9 Å². The molecular formula is C32H34FN7O3. The number of fused-ring (bicyclic) bond motifs is 3. The van der Waals surface area contributed by atoms with E-state index < -0.39 is 5.91 Å². The van der Waals surface area contributed by atoms with Gasteiger partial charge in [-0.15, -0.1) is 0 Å². The number of halogens is 1. The fourth-order valence-electron chi connectivity index (χ4n) is 5.83. The highest BCUT2D eigenvalue weighted by molar-refractivity contribution is 6.06. The van der Waals surface area contributed by atoms with Gasteiger partial charge in [-0.05, 0) is 73.4 Å². The van der Waals surface area contributed by atoms with Gasteiger partial charge in [-0.25, -0.2) is 14.1 Å². The van der Waals surface area contributed by atoms with Crippen LogP contribution in [0.1, 0.15) is 37.5 Å². The van der Waals surface area contributed by atoms with E-state index in [1.54, 1.807) is 30.1 Å². The van der Waals surface area contributed by atoms with Crippen molar-refractivity contribution in [2.24, 2.45) is 5.73 Å². The Bertz CT molecular complexity index is 1680. The van der Waals surface area contributed by atoms with E-state index in [1.165, 1.54) is 12.1 Å². The minimum absolute atomic E-state index is 0.193. The molecule has 1 fully saturated rings. The van der Waals surface area contributed by atoms with Crippen molar-refractivity contribution in [3.05, 3.63) is 88.5 Å². The van der Waals surface area contributed by atoms with Crippen molar-refractivity contribution in [1.29, 1.82) is 0 Å². The van der Waals surface area contributed by atoms with Gasteiger partial charge in [0.2, 0.25) is 0 Å². The normalized spacial score (nSPS) is 14.7. The molecule has 0 saturated carbocycles. The number of benzene rings is 2. The minimum Gasteiger partial charge on any atom is -0.383 e. The first-order valence-corrected chi connectivity index (χ1v) is 14.4. The number of nitrogens with two attached hydrogens (primary N) is 1. The van der Waals surface area contributed by atoms with Crippen LogP contribution in [0.4, 0.5) is 15.9 Å². The van der Waals surface area contributed by atoms with Crippen molar-refractivity contribution in [2.45, 2.75) is 19.8 Å². The summed E-state index contributed by atoms with van der Waals surface area (Å²) >= 11 is 0. The number of piperazine rings is 1. The summed E-state index contributed by atoms with van der Waals surface area (Å²) in [5, 5.41) is 7.58. The predicted octanol–water partition coefficient (Wildman–Crippen LogP) is 3.60. The number of carbonyl (C=O) groups excluding carboxylic acids is 2. The van der Waals surface area contributed by atoms with Gasteiger partial charge in [0.1, 0.15) is 11.6 Å². The molecule has 3 N–H and O–H groups in total. The molecule has 222 valence electrons. The van der Waals surface area contributed by atoms with Gasteiger partial charge in [0.05, 0.1) is 18.0 Å². The van der Waals surface area contributed by atoms with Crippen LogP contribution in [0.2, 0.25) is 0 Å². The molecule has 1 aliphatic heterocycles. The Morgan fingerprint density at radius 3 is 2.53 bits per heavy atom. The van der Waals surface area contributed by atoms with E-state index in [9.17, 15) is 14.0 Å². The van der Waals surface area contributed by atoms with Crippen LogP contribution in [0.5, 0.6) is 0 Å². The summed E-state index contributed by atoms with van der Waals surface area (Å²) in [5.41, 5.74) is 11.8. The molecule has 2 aliphatic rings. The first-order chi connectivity index (χ1) is 20.8. The Kier molecular flexibility index (Phi) is 7.92. The number of aromatic nitrogens is 3. The topological polar surface area (TPSA) is 119 Å². The number of primary amides is 1. The van der Waals surface area contributed by atoms with E-state index >= 15 is 0 Å². The Morgan fingerprint density at radius 2 is 1.81 bits per heavy atom. The van der Waals surface area contributed by atoms with E-state index in [0.29, 0.717) is 42.1 Å². The second-order valence-corrected chi connectivity index (χ2v) is 10.9. The molecule has 11 heteroatoms. The molecule has 3 heterocycles. The van der Waals surface area contributed by atoms with Gasteiger partial charge >= 0.3 is 0 Å². The fourth-order valence-corrected chi connectivity index (χ4v) is 5.83. The quantitative estimate of drug-likeness (QED) is 0.325. The molecule has 2 aromatic heterocycles. The molecule has 4 aromatic rings. The van der Waals surface area contributed by atoms with Crippen molar-refractivity contribution in [3.63, 3.8) is 0 Å². The number of nitrogens with one attached hydrogen (secondary N) is 1. The number of nitrogens with zero attached hydrogens (tertiary/aromatic N) is 5. The van der Waals surface area contributed by atoms with E-state index in [0.717, 1.165) is 60.8 Å². The maximum Gasteiger partial charge on any atom is 0.269 e. The Labute approximate surface area is 249 Å². The lowest BCUT2D eigenvalue weighted by Gasteiger charge is -2.35. The molecule has 0 radical (unpaired) electrons. The molecule has 0 atom stereocenters. The summed E-state index contributed by atoms with van der Waals surface area (Å²) in [7, 11) is 1.71. The standard InChI is InChI=1S/C32H34FN7O3/c1-20-19-35-28(39-13-11-38(12-14-39)15-16-43-2)18-26(20)32(42)36-23-7-3-21-4-10-25-29(31(34)41)37-40(30(25)27(21)17-23)24-8-5-22(33)6-9-24/h3,5-9,17-19H,4,10-16H2,1-2H3,(H2,34,41)(H,36,42). The third-order valence-corrected chi connectivity index (χ3v) is 8.20. The Balaban J connectivity index is 1.27. The first-order valence-electron chi connectivity index (χ1n) is 14.4. The van der Waals surface area contributed by atoms with E-state index in [2.05, 4.69) is 25.2 Å². The van der Waals surface area contributed by atoms with Crippen LogP contribution in [0.15, 0.2) is 54.7 Å². The molecule has 2 amide bonds. The summed E-state index contributed by atoms with van der Waals surface area (Å²) in [6, 6.07) is 13.5. The number of amides is 2. The SMILES string of the molecule is COCCN1CCN(c2cc(C(=O)Nc3ccc4c(c3)-c3c(c(C(N)=O)nn3-c3ccc(F)cc3)CC4)c(C)cn2)CC1. The zero-order valence-electron chi connectivity index (χ0n) is 24.3. The number of aryl methyl sites for hydroxylation is 2. The lowest BCUT2D eigenvalue weighted by molar-refractivity contribution is 0.0992. The van der Waals surface area contributed by atoms with E-state index in [4.69, 9.17) is 10.5 Å². The molecule has 1 saturated heterocycles. The highest BCUT2D eigenvalue weighted by atomic mass is 19.1. The van der Waals surface area contributed by atoms with Crippen LogP contribution >= 0.6 is 0 Å². The molecule has 1 aliphatic carbocycles. The fraction of sp³-hybridized carbons (Fsp3) is 0.312. The number of hydrogen-bond acceptors (Lipinski definition) is 7. The molecule has 0 spiro atoms. The van der Waals surface area contributed by atoms with Gasteiger partial charge in [-0.3, -0.25) is 14.5 Å². The summed E-state index contributed by atoms with van der Waals surface area (Å²) in [6.07, 6.45) is 3.03. The summed E-state index contributed by atoms with van der Waals surface area (Å²) in [4.78, 5) is 35.0. The Morgan fingerprint density at radius 1 is 1.05 bits per heavy atom. The number of ether oxygens (including phenoxy) is 1. The van der Waals surface area contributed by atoms with Crippen LogP contribution in [0.3, 0.4) is 0 Å². The number of methoxy groups -OCH3 is 1. The second kappa shape index (κ2) is 11.9. The molecule has 0 bridgehead atoms. The largest absolute Gasteiger partial charge is 0.383 e. The first kappa shape index (κ1) is 28.5. The smallest absolute Gasteiger partial charge is 0.269 e. The summed E-state index contributed by atoms with van der Waals surface area (Å²) in [6.45, 7) is 6.94. The van der Waals surface area contributed by atoms with Crippen molar-refractivity contribution in [2.75, 3.05) is 56.7 Å². The lowest BCUT2D eigenvalue weighted by Crippen LogP contribution is -2.47. The van der Waals surface area contributed by atoms with Crippen molar-refractivity contribution in [1.82, 2.24) is 19.7 Å². The number of hydrogen-bond donors (Lipinski definition) is 2. The van der Waals surface area contributed by atoms with Gasteiger partial charge in [0.25, 0.3) is 11.8 Å². The number of anilines is 2. The lowest BCUT2D eigenvalue weighted by atomic mass is 9.88. The predicted molar refractivity (Wildman–Crippen MR) is 162 cm³/mol. The summed E-state index contributed by atoms with van der Waals surface area (Å²) < 4.78 is 20.5. The van der Waals surface area contributed by atoms with Gasteiger partial charge in [0.15, 0.2) is 5.69 Å².